The molecule has 0 atom stereocenters. The van der Waals surface area contributed by atoms with Gasteiger partial charge in [0.2, 0.25) is 11.2 Å². The first kappa shape index (κ1) is 11.4. The third kappa shape index (κ3) is 2.37. The van der Waals surface area contributed by atoms with Crippen molar-refractivity contribution >= 4 is 11.6 Å². The molecule has 3 nitrogen and oxygen atoms in total. The molecule has 1 aromatic heterocycles. The lowest BCUT2D eigenvalue weighted by Gasteiger charge is -2.26. The van der Waals surface area contributed by atoms with Crippen LogP contribution in [0.5, 0.6) is 5.88 Å². The summed E-state index contributed by atoms with van der Waals surface area (Å²) in [6.45, 7) is 0. The van der Waals surface area contributed by atoms with Crippen LogP contribution in [0.3, 0.4) is 0 Å². The van der Waals surface area contributed by atoms with Crippen LogP contribution in [-0.4, -0.2) is 16.1 Å². The number of hydrogen-bond acceptors (Lipinski definition) is 3. The summed E-state index contributed by atoms with van der Waals surface area (Å²) < 4.78 is 42.8. The van der Waals surface area contributed by atoms with E-state index in [1.54, 1.807) is 0 Å². The summed E-state index contributed by atoms with van der Waals surface area (Å²) >= 11 is 5.44. The Morgan fingerprint density at radius 3 is 2.56 bits per heavy atom. The molecular weight excluding hydrogens is 245 g/mol. The summed E-state index contributed by atoms with van der Waals surface area (Å²) in [7, 11) is 0. The van der Waals surface area contributed by atoms with Crippen LogP contribution in [0, 0.1) is 0 Å². The summed E-state index contributed by atoms with van der Waals surface area (Å²) in [5, 5.41) is -0.248. The molecule has 1 aliphatic rings. The summed E-state index contributed by atoms with van der Waals surface area (Å²) in [5.41, 5.74) is -0.983. The van der Waals surface area contributed by atoms with Gasteiger partial charge in [-0.1, -0.05) is 0 Å². The van der Waals surface area contributed by atoms with Crippen LogP contribution in [-0.2, 0) is 6.18 Å². The maximum Gasteiger partial charge on any atom is 0.423 e. The van der Waals surface area contributed by atoms with Crippen molar-refractivity contribution in [2.45, 2.75) is 31.5 Å². The van der Waals surface area contributed by atoms with Crippen molar-refractivity contribution in [1.82, 2.24) is 9.97 Å². The summed E-state index contributed by atoms with van der Waals surface area (Å²) in [6.07, 6.45) is -1.61. The zero-order chi connectivity index (χ0) is 11.8. The van der Waals surface area contributed by atoms with E-state index in [9.17, 15) is 13.2 Å². The second-order valence-electron chi connectivity index (χ2n) is 3.53. The Morgan fingerprint density at radius 2 is 2.06 bits per heavy atom. The van der Waals surface area contributed by atoms with Gasteiger partial charge in [-0.3, -0.25) is 0 Å². The van der Waals surface area contributed by atoms with Crippen LogP contribution in [0.15, 0.2) is 6.20 Å². The molecule has 0 saturated heterocycles. The minimum Gasteiger partial charge on any atom is -0.474 e. The second-order valence-corrected chi connectivity index (χ2v) is 3.86. The van der Waals surface area contributed by atoms with Crippen LogP contribution in [0.2, 0.25) is 5.28 Å². The topological polar surface area (TPSA) is 35.0 Å². The quantitative estimate of drug-likeness (QED) is 0.759. The maximum atomic E-state index is 12.5. The Hall–Kier alpha value is -1.04. The first-order chi connectivity index (χ1) is 7.47. The average Bonchev–Trinajstić information content (AvgIpc) is 2.09. The molecule has 1 heterocycles. The minimum absolute atomic E-state index is 0.188. The monoisotopic (exact) mass is 252 g/mol. The van der Waals surface area contributed by atoms with Crippen LogP contribution in [0.1, 0.15) is 24.8 Å². The van der Waals surface area contributed by atoms with Crippen LogP contribution in [0.25, 0.3) is 0 Å². The van der Waals surface area contributed by atoms with E-state index < -0.39 is 17.6 Å². The lowest BCUT2D eigenvalue weighted by Crippen LogP contribution is -2.26. The van der Waals surface area contributed by atoms with Gasteiger partial charge >= 0.3 is 6.18 Å². The summed E-state index contributed by atoms with van der Waals surface area (Å²) in [5.74, 6) is -0.475. The van der Waals surface area contributed by atoms with Gasteiger partial charge in [-0.2, -0.15) is 18.2 Å². The van der Waals surface area contributed by atoms with E-state index in [1.807, 2.05) is 0 Å². The fourth-order valence-electron chi connectivity index (χ4n) is 1.28. The number of halogens is 4. The molecule has 0 spiro atoms. The fourth-order valence-corrected chi connectivity index (χ4v) is 1.40. The van der Waals surface area contributed by atoms with Crippen LogP contribution >= 0.6 is 11.6 Å². The number of alkyl halides is 3. The van der Waals surface area contributed by atoms with Crippen LogP contribution < -0.4 is 4.74 Å². The van der Waals surface area contributed by atoms with Gasteiger partial charge in [-0.15, -0.1) is 0 Å². The van der Waals surface area contributed by atoms with Crippen molar-refractivity contribution < 1.29 is 17.9 Å². The normalized spacial score (nSPS) is 17.0. The van der Waals surface area contributed by atoms with Crippen molar-refractivity contribution in [1.29, 1.82) is 0 Å². The average molecular weight is 253 g/mol. The highest BCUT2D eigenvalue weighted by molar-refractivity contribution is 6.28. The molecule has 0 bridgehead atoms. The Balaban J connectivity index is 2.28. The first-order valence-electron chi connectivity index (χ1n) is 4.73. The first-order valence-corrected chi connectivity index (χ1v) is 5.11. The number of nitrogens with zero attached hydrogens (tertiary/aromatic N) is 2. The highest BCUT2D eigenvalue weighted by Crippen LogP contribution is 2.36. The van der Waals surface area contributed by atoms with Gasteiger partial charge in [0.1, 0.15) is 11.7 Å². The largest absolute Gasteiger partial charge is 0.474 e. The zero-order valence-corrected chi connectivity index (χ0v) is 8.85. The van der Waals surface area contributed by atoms with Gasteiger partial charge in [0.15, 0.2) is 0 Å². The van der Waals surface area contributed by atoms with Crippen LogP contribution in [0.4, 0.5) is 13.2 Å². The molecule has 7 heteroatoms. The van der Waals surface area contributed by atoms with Gasteiger partial charge in [0.25, 0.3) is 0 Å². The highest BCUT2D eigenvalue weighted by Gasteiger charge is 2.37. The molecule has 0 aliphatic heterocycles. The van der Waals surface area contributed by atoms with Gasteiger partial charge in [0.05, 0.1) is 0 Å². The smallest absolute Gasteiger partial charge is 0.423 e. The van der Waals surface area contributed by atoms with Gasteiger partial charge in [0, 0.05) is 6.20 Å². The summed E-state index contributed by atoms with van der Waals surface area (Å²) in [6, 6.07) is 0. The van der Waals surface area contributed by atoms with Crippen molar-refractivity contribution in [2.75, 3.05) is 0 Å². The maximum absolute atomic E-state index is 12.5. The van der Waals surface area contributed by atoms with Crippen molar-refractivity contribution in [3.05, 3.63) is 17.0 Å². The van der Waals surface area contributed by atoms with Crippen molar-refractivity contribution in [3.63, 3.8) is 0 Å². The minimum atomic E-state index is -4.52. The van der Waals surface area contributed by atoms with E-state index in [4.69, 9.17) is 16.3 Å². The predicted molar refractivity (Wildman–Crippen MR) is 50.3 cm³/mol. The molecule has 1 fully saturated rings. The Morgan fingerprint density at radius 1 is 1.38 bits per heavy atom. The van der Waals surface area contributed by atoms with Gasteiger partial charge < -0.3 is 4.74 Å². The van der Waals surface area contributed by atoms with Gasteiger partial charge in [-0.05, 0) is 30.9 Å². The molecule has 1 aliphatic carbocycles. The van der Waals surface area contributed by atoms with E-state index in [2.05, 4.69) is 9.97 Å². The molecule has 16 heavy (non-hydrogen) atoms. The molecule has 0 amide bonds. The molecule has 0 N–H and O–H groups in total. The molecule has 0 radical (unpaired) electrons. The van der Waals surface area contributed by atoms with E-state index >= 15 is 0 Å². The molecule has 2 rings (SSSR count). The molecule has 0 aromatic carbocycles. The molecule has 1 aromatic rings. The Labute approximate surface area is 94.6 Å². The lowest BCUT2D eigenvalue weighted by molar-refractivity contribution is -0.140. The summed E-state index contributed by atoms with van der Waals surface area (Å²) in [4.78, 5) is 6.79. The standard InChI is InChI=1S/C9H8ClF3N2O/c10-8-14-4-6(9(11,12)13)7(15-8)16-5-2-1-3-5/h4-5H,1-3H2. The van der Waals surface area contributed by atoms with E-state index in [-0.39, 0.29) is 11.4 Å². The number of aromatic nitrogens is 2. The number of rotatable bonds is 2. The number of ether oxygens (including phenoxy) is 1. The molecular formula is C9H8ClF3N2O. The third-order valence-electron chi connectivity index (χ3n) is 2.36. The number of hydrogen-bond donors (Lipinski definition) is 0. The molecule has 88 valence electrons. The zero-order valence-electron chi connectivity index (χ0n) is 8.09. The highest BCUT2D eigenvalue weighted by atomic mass is 35.5. The van der Waals surface area contributed by atoms with E-state index in [1.165, 1.54) is 0 Å². The third-order valence-corrected chi connectivity index (χ3v) is 2.54. The van der Waals surface area contributed by atoms with Crippen molar-refractivity contribution in [3.8, 4) is 5.88 Å². The van der Waals surface area contributed by atoms with E-state index in [0.717, 1.165) is 19.3 Å². The van der Waals surface area contributed by atoms with Gasteiger partial charge in [-0.25, -0.2) is 4.98 Å². The fraction of sp³-hybridized carbons (Fsp3) is 0.556. The SMILES string of the molecule is FC(F)(F)c1cnc(Cl)nc1OC1CCC1. The second kappa shape index (κ2) is 4.08. The predicted octanol–water partition coefficient (Wildman–Crippen LogP) is 3.08. The molecule has 1 saturated carbocycles. The molecule has 0 unspecified atom stereocenters. The Kier molecular flexibility index (Phi) is 2.92. The Bertz CT molecular complexity index is 393. The van der Waals surface area contributed by atoms with Crippen molar-refractivity contribution in [2.24, 2.45) is 0 Å². The van der Waals surface area contributed by atoms with E-state index in [0.29, 0.717) is 6.20 Å². The lowest BCUT2D eigenvalue weighted by atomic mass is 9.96.